The summed E-state index contributed by atoms with van der Waals surface area (Å²) in [5, 5.41) is 3.29. The molecule has 0 bridgehead atoms. The molecule has 0 fully saturated rings. The molecule has 18 heavy (non-hydrogen) atoms. The molecule has 0 radical (unpaired) electrons. The molecule has 2 rings (SSSR count). The summed E-state index contributed by atoms with van der Waals surface area (Å²) in [6, 6.07) is 1.88. The smallest absolute Gasteiger partial charge is 0.226 e. The van der Waals surface area contributed by atoms with E-state index in [-0.39, 0.29) is 0 Å². The summed E-state index contributed by atoms with van der Waals surface area (Å²) in [6.45, 7) is 1.83. The van der Waals surface area contributed by atoms with Gasteiger partial charge in [-0.1, -0.05) is 0 Å². The van der Waals surface area contributed by atoms with Gasteiger partial charge in [-0.2, -0.15) is 4.98 Å². The highest BCUT2D eigenvalue weighted by Gasteiger charge is 2.00. The van der Waals surface area contributed by atoms with Gasteiger partial charge in [0.25, 0.3) is 0 Å². The molecule has 6 heteroatoms. The van der Waals surface area contributed by atoms with Gasteiger partial charge in [0.05, 0.1) is 6.33 Å². The first-order valence-corrected chi connectivity index (χ1v) is 5.95. The Morgan fingerprint density at radius 2 is 2.22 bits per heavy atom. The van der Waals surface area contributed by atoms with Gasteiger partial charge in [0, 0.05) is 45.8 Å². The van der Waals surface area contributed by atoms with Gasteiger partial charge in [-0.25, -0.2) is 9.97 Å². The number of nitrogens with one attached hydrogen (secondary N) is 1. The number of anilines is 2. The second kappa shape index (κ2) is 6.00. The molecule has 6 nitrogen and oxygen atoms in total. The zero-order valence-electron chi connectivity index (χ0n) is 10.7. The molecule has 0 spiro atoms. The Bertz CT molecular complexity index is 465. The van der Waals surface area contributed by atoms with Gasteiger partial charge in [-0.05, 0) is 12.5 Å². The Morgan fingerprint density at radius 3 is 2.94 bits per heavy atom. The number of nitrogens with zero attached hydrogens (tertiary/aromatic N) is 5. The van der Waals surface area contributed by atoms with Gasteiger partial charge in [-0.15, -0.1) is 0 Å². The van der Waals surface area contributed by atoms with E-state index < -0.39 is 0 Å². The van der Waals surface area contributed by atoms with Crippen LogP contribution in [0.1, 0.15) is 6.42 Å². The minimum Gasteiger partial charge on any atom is -0.370 e. The average molecular weight is 246 g/mol. The molecule has 0 unspecified atom stereocenters. The van der Waals surface area contributed by atoms with Crippen LogP contribution in [0.5, 0.6) is 0 Å². The van der Waals surface area contributed by atoms with Crippen LogP contribution in [0.2, 0.25) is 0 Å². The van der Waals surface area contributed by atoms with Crippen molar-refractivity contribution < 1.29 is 0 Å². The van der Waals surface area contributed by atoms with E-state index in [2.05, 4.69) is 24.8 Å². The van der Waals surface area contributed by atoms with Crippen LogP contribution in [0, 0.1) is 0 Å². The third kappa shape index (κ3) is 3.44. The summed E-state index contributed by atoms with van der Waals surface area (Å²) in [5.74, 6) is 1.58. The lowest BCUT2D eigenvalue weighted by Gasteiger charge is -2.11. The molecule has 2 aromatic rings. The van der Waals surface area contributed by atoms with Gasteiger partial charge >= 0.3 is 0 Å². The monoisotopic (exact) mass is 246 g/mol. The third-order valence-electron chi connectivity index (χ3n) is 2.50. The number of imidazole rings is 1. The lowest BCUT2D eigenvalue weighted by atomic mass is 10.4. The maximum Gasteiger partial charge on any atom is 0.226 e. The van der Waals surface area contributed by atoms with Crippen LogP contribution in [-0.2, 0) is 6.54 Å². The van der Waals surface area contributed by atoms with Crippen molar-refractivity contribution in [3.8, 4) is 0 Å². The number of hydrogen-bond acceptors (Lipinski definition) is 5. The SMILES string of the molecule is CN(C)c1nccc(NCCCn2ccnc2)n1. The van der Waals surface area contributed by atoms with Crippen LogP contribution < -0.4 is 10.2 Å². The summed E-state index contributed by atoms with van der Waals surface area (Å²) in [5.41, 5.74) is 0. The number of aromatic nitrogens is 4. The number of aryl methyl sites for hydroxylation is 1. The van der Waals surface area contributed by atoms with Gasteiger partial charge in [0.2, 0.25) is 5.95 Å². The largest absolute Gasteiger partial charge is 0.370 e. The molecule has 0 aliphatic carbocycles. The summed E-state index contributed by atoms with van der Waals surface area (Å²) in [4.78, 5) is 14.5. The van der Waals surface area contributed by atoms with E-state index in [0.717, 1.165) is 31.3 Å². The van der Waals surface area contributed by atoms with Crippen LogP contribution in [0.25, 0.3) is 0 Å². The highest BCUT2D eigenvalue weighted by molar-refractivity contribution is 5.40. The first-order chi connectivity index (χ1) is 8.75. The van der Waals surface area contributed by atoms with E-state index in [0.29, 0.717) is 0 Å². The Morgan fingerprint density at radius 1 is 1.33 bits per heavy atom. The van der Waals surface area contributed by atoms with Crippen molar-refractivity contribution in [1.29, 1.82) is 0 Å². The fraction of sp³-hybridized carbons (Fsp3) is 0.417. The Labute approximate surface area is 107 Å². The fourth-order valence-electron chi connectivity index (χ4n) is 1.56. The topological polar surface area (TPSA) is 58.9 Å². The Balaban J connectivity index is 1.78. The number of rotatable bonds is 6. The normalized spacial score (nSPS) is 10.3. The molecule has 0 saturated carbocycles. The van der Waals surface area contributed by atoms with Crippen LogP contribution in [0.15, 0.2) is 31.0 Å². The van der Waals surface area contributed by atoms with E-state index in [9.17, 15) is 0 Å². The van der Waals surface area contributed by atoms with Crippen molar-refractivity contribution in [3.05, 3.63) is 31.0 Å². The minimum atomic E-state index is 0.717. The highest BCUT2D eigenvalue weighted by atomic mass is 15.2. The maximum atomic E-state index is 4.39. The van der Waals surface area contributed by atoms with Crippen molar-refractivity contribution >= 4 is 11.8 Å². The van der Waals surface area contributed by atoms with Crippen molar-refractivity contribution in [1.82, 2.24) is 19.5 Å². The molecule has 0 amide bonds. The summed E-state index contributed by atoms with van der Waals surface area (Å²) in [6.07, 6.45) is 8.38. The van der Waals surface area contributed by atoms with E-state index in [4.69, 9.17) is 0 Å². The molecule has 0 aromatic carbocycles. The second-order valence-corrected chi connectivity index (χ2v) is 4.22. The molecule has 1 N–H and O–H groups in total. The quantitative estimate of drug-likeness (QED) is 0.777. The fourth-order valence-corrected chi connectivity index (χ4v) is 1.56. The van der Waals surface area contributed by atoms with Crippen LogP contribution in [0.3, 0.4) is 0 Å². The van der Waals surface area contributed by atoms with E-state index in [1.165, 1.54) is 0 Å². The summed E-state index contributed by atoms with van der Waals surface area (Å²) in [7, 11) is 3.86. The van der Waals surface area contributed by atoms with E-state index in [1.807, 2.05) is 37.6 Å². The van der Waals surface area contributed by atoms with Crippen LogP contribution in [0.4, 0.5) is 11.8 Å². The number of hydrogen-bond donors (Lipinski definition) is 1. The molecule has 0 saturated heterocycles. The van der Waals surface area contributed by atoms with E-state index >= 15 is 0 Å². The predicted octanol–water partition coefficient (Wildman–Crippen LogP) is 1.24. The standard InChI is InChI=1S/C12H18N6/c1-17(2)12-15-6-4-11(16-12)14-5-3-8-18-9-7-13-10-18/h4,6-7,9-10H,3,5,8H2,1-2H3,(H,14,15,16). The zero-order valence-corrected chi connectivity index (χ0v) is 10.7. The molecule has 0 atom stereocenters. The van der Waals surface area contributed by atoms with Gasteiger partial charge < -0.3 is 14.8 Å². The second-order valence-electron chi connectivity index (χ2n) is 4.22. The zero-order chi connectivity index (χ0) is 12.8. The highest BCUT2D eigenvalue weighted by Crippen LogP contribution is 2.07. The molecule has 2 aromatic heterocycles. The first kappa shape index (κ1) is 12.3. The Hall–Kier alpha value is -2.11. The van der Waals surface area contributed by atoms with Crippen molar-refractivity contribution in [2.24, 2.45) is 0 Å². The van der Waals surface area contributed by atoms with E-state index in [1.54, 1.807) is 12.4 Å². The van der Waals surface area contributed by atoms with Gasteiger partial charge in [0.15, 0.2) is 0 Å². The van der Waals surface area contributed by atoms with Gasteiger partial charge in [-0.3, -0.25) is 0 Å². The molecular weight excluding hydrogens is 228 g/mol. The molecule has 96 valence electrons. The van der Waals surface area contributed by atoms with Crippen molar-refractivity contribution in [3.63, 3.8) is 0 Å². The molecule has 0 aliphatic rings. The average Bonchev–Trinajstić information content (AvgIpc) is 2.88. The van der Waals surface area contributed by atoms with Gasteiger partial charge in [0.1, 0.15) is 5.82 Å². The predicted molar refractivity (Wildman–Crippen MR) is 71.7 cm³/mol. The molecular formula is C12H18N6. The third-order valence-corrected chi connectivity index (χ3v) is 2.50. The summed E-state index contributed by atoms with van der Waals surface area (Å²) < 4.78 is 2.06. The first-order valence-electron chi connectivity index (χ1n) is 5.95. The van der Waals surface area contributed by atoms with Crippen LogP contribution >= 0.6 is 0 Å². The van der Waals surface area contributed by atoms with Crippen molar-refractivity contribution in [2.75, 3.05) is 30.9 Å². The van der Waals surface area contributed by atoms with Crippen LogP contribution in [-0.4, -0.2) is 40.2 Å². The summed E-state index contributed by atoms with van der Waals surface area (Å²) >= 11 is 0. The maximum absolute atomic E-state index is 4.39. The lowest BCUT2D eigenvalue weighted by molar-refractivity contribution is 0.660. The molecule has 2 heterocycles. The van der Waals surface area contributed by atoms with Crippen molar-refractivity contribution in [2.45, 2.75) is 13.0 Å². The molecule has 0 aliphatic heterocycles. The Kier molecular flexibility index (Phi) is 4.11. The lowest BCUT2D eigenvalue weighted by Crippen LogP contribution is -2.14. The minimum absolute atomic E-state index is 0.717.